The molecule has 1 aliphatic heterocycles. The average Bonchev–Trinajstić information content (AvgIpc) is 2.69. The highest BCUT2D eigenvalue weighted by Crippen LogP contribution is 2.30. The lowest BCUT2D eigenvalue weighted by Gasteiger charge is -2.34. The average molecular weight is 420 g/mol. The molecule has 0 bridgehead atoms. The van der Waals surface area contributed by atoms with Gasteiger partial charge >= 0.3 is 0 Å². The summed E-state index contributed by atoms with van der Waals surface area (Å²) in [6.45, 7) is 2.55. The van der Waals surface area contributed by atoms with Crippen LogP contribution in [0.2, 0.25) is 10.0 Å². The van der Waals surface area contributed by atoms with Crippen molar-refractivity contribution < 1.29 is 9.59 Å². The van der Waals surface area contributed by atoms with Crippen LogP contribution in [0.3, 0.4) is 0 Å². The highest BCUT2D eigenvalue weighted by molar-refractivity contribution is 6.39. The molecule has 1 N–H and O–H groups in total. The van der Waals surface area contributed by atoms with Gasteiger partial charge in [-0.25, -0.2) is 0 Å². The molecule has 0 saturated carbocycles. The molecule has 2 aromatic rings. The Morgan fingerprint density at radius 1 is 1.14 bits per heavy atom. The van der Waals surface area contributed by atoms with Gasteiger partial charge in [0.25, 0.3) is 0 Å². The van der Waals surface area contributed by atoms with Crippen LogP contribution in [0.4, 0.5) is 11.4 Å². The fourth-order valence-corrected chi connectivity index (χ4v) is 3.83. The number of para-hydroxylation sites is 2. The predicted molar refractivity (Wildman–Crippen MR) is 114 cm³/mol. The molecule has 0 spiro atoms. The third-order valence-corrected chi connectivity index (χ3v) is 5.64. The van der Waals surface area contributed by atoms with Crippen LogP contribution in [0, 0.1) is 0 Å². The van der Waals surface area contributed by atoms with E-state index in [4.69, 9.17) is 23.2 Å². The zero-order chi connectivity index (χ0) is 20.3. The smallest absolute Gasteiger partial charge is 0.244 e. The minimum Gasteiger partial charge on any atom is -0.322 e. The summed E-state index contributed by atoms with van der Waals surface area (Å²) in [5.41, 5.74) is 2.53. The van der Waals surface area contributed by atoms with E-state index >= 15 is 0 Å². The number of hydrogen-bond donors (Lipinski definition) is 1. The van der Waals surface area contributed by atoms with E-state index < -0.39 is 6.04 Å². The number of nitrogens with one attached hydrogen (secondary N) is 1. The van der Waals surface area contributed by atoms with Gasteiger partial charge in [0, 0.05) is 12.2 Å². The number of halogens is 2. The second kappa shape index (κ2) is 8.95. The standard InChI is InChI=1S/C21H23Cl2N3O2/c1-14(21(28)26-12-6-8-15-7-3-4-11-18(15)26)25(2)13-19(27)24-20-16(22)9-5-10-17(20)23/h3-5,7,9-11,14H,6,8,12-13H2,1-2H3,(H,24,27). The molecule has 7 heteroatoms. The van der Waals surface area contributed by atoms with E-state index in [1.807, 2.05) is 30.0 Å². The van der Waals surface area contributed by atoms with Crippen molar-refractivity contribution >= 4 is 46.4 Å². The van der Waals surface area contributed by atoms with Gasteiger partial charge in [0.2, 0.25) is 11.8 Å². The van der Waals surface area contributed by atoms with Crippen molar-refractivity contribution in [1.82, 2.24) is 4.90 Å². The molecule has 1 atom stereocenters. The van der Waals surface area contributed by atoms with Crippen LogP contribution in [0.25, 0.3) is 0 Å². The molecular weight excluding hydrogens is 397 g/mol. The maximum atomic E-state index is 13.1. The van der Waals surface area contributed by atoms with Gasteiger partial charge in [0.1, 0.15) is 0 Å². The van der Waals surface area contributed by atoms with Gasteiger partial charge in [0.05, 0.1) is 28.3 Å². The van der Waals surface area contributed by atoms with E-state index in [1.54, 1.807) is 30.1 Å². The Morgan fingerprint density at radius 3 is 2.54 bits per heavy atom. The normalized spacial score (nSPS) is 14.5. The van der Waals surface area contributed by atoms with E-state index in [-0.39, 0.29) is 18.4 Å². The molecule has 0 aromatic heterocycles. The molecule has 1 heterocycles. The van der Waals surface area contributed by atoms with Crippen LogP contribution >= 0.6 is 23.2 Å². The van der Waals surface area contributed by atoms with E-state index in [0.29, 0.717) is 22.3 Å². The summed E-state index contributed by atoms with van der Waals surface area (Å²) in [7, 11) is 1.76. The summed E-state index contributed by atoms with van der Waals surface area (Å²) in [6, 6.07) is 12.6. The van der Waals surface area contributed by atoms with E-state index in [1.165, 1.54) is 5.56 Å². The third-order valence-electron chi connectivity index (χ3n) is 5.02. The number of rotatable bonds is 5. The minimum atomic E-state index is -0.446. The number of carbonyl (C=O) groups is 2. The molecule has 0 fully saturated rings. The quantitative estimate of drug-likeness (QED) is 0.788. The summed E-state index contributed by atoms with van der Waals surface area (Å²) >= 11 is 12.2. The van der Waals surface area contributed by atoms with Gasteiger partial charge in [-0.05, 0) is 50.6 Å². The number of fused-ring (bicyclic) bond motifs is 1. The zero-order valence-corrected chi connectivity index (χ0v) is 17.4. The lowest BCUT2D eigenvalue weighted by molar-refractivity contribution is -0.124. The lowest BCUT2D eigenvalue weighted by atomic mass is 10.0. The largest absolute Gasteiger partial charge is 0.322 e. The number of likely N-dealkylation sites (N-methyl/N-ethyl adjacent to an activating group) is 1. The number of amides is 2. The van der Waals surface area contributed by atoms with Crippen molar-refractivity contribution in [3.8, 4) is 0 Å². The Bertz CT molecular complexity index is 867. The molecule has 28 heavy (non-hydrogen) atoms. The van der Waals surface area contributed by atoms with Crippen molar-refractivity contribution in [2.75, 3.05) is 30.4 Å². The van der Waals surface area contributed by atoms with Crippen LogP contribution in [-0.4, -0.2) is 42.9 Å². The number of hydrogen-bond acceptors (Lipinski definition) is 3. The van der Waals surface area contributed by atoms with Crippen LogP contribution < -0.4 is 10.2 Å². The van der Waals surface area contributed by atoms with Crippen molar-refractivity contribution in [2.24, 2.45) is 0 Å². The van der Waals surface area contributed by atoms with Gasteiger partial charge in [-0.1, -0.05) is 47.5 Å². The summed E-state index contributed by atoms with van der Waals surface area (Å²) < 4.78 is 0. The Morgan fingerprint density at radius 2 is 1.82 bits per heavy atom. The lowest BCUT2D eigenvalue weighted by Crippen LogP contribution is -2.49. The first-order valence-corrected chi connectivity index (χ1v) is 9.97. The van der Waals surface area contributed by atoms with E-state index in [0.717, 1.165) is 18.5 Å². The van der Waals surface area contributed by atoms with Gasteiger partial charge < -0.3 is 10.2 Å². The summed E-state index contributed by atoms with van der Waals surface area (Å²) in [5, 5.41) is 3.47. The number of carbonyl (C=O) groups excluding carboxylic acids is 2. The van der Waals surface area contributed by atoms with Crippen molar-refractivity contribution in [3.05, 3.63) is 58.1 Å². The Balaban J connectivity index is 1.65. The zero-order valence-electron chi connectivity index (χ0n) is 15.9. The minimum absolute atomic E-state index is 0.0155. The predicted octanol–water partition coefficient (Wildman–Crippen LogP) is 4.23. The SMILES string of the molecule is CC(C(=O)N1CCCc2ccccc21)N(C)CC(=O)Nc1c(Cl)cccc1Cl. The number of aryl methyl sites for hydroxylation is 1. The van der Waals surface area contributed by atoms with Crippen LogP contribution in [0.15, 0.2) is 42.5 Å². The first-order chi connectivity index (χ1) is 13.4. The van der Waals surface area contributed by atoms with Crippen LogP contribution in [-0.2, 0) is 16.0 Å². The second-order valence-electron chi connectivity index (χ2n) is 6.96. The van der Waals surface area contributed by atoms with Gasteiger partial charge in [-0.15, -0.1) is 0 Å². The van der Waals surface area contributed by atoms with E-state index in [2.05, 4.69) is 11.4 Å². The van der Waals surface area contributed by atoms with Gasteiger partial charge in [-0.2, -0.15) is 0 Å². The maximum absolute atomic E-state index is 13.1. The summed E-state index contributed by atoms with van der Waals surface area (Å²) in [4.78, 5) is 29.0. The van der Waals surface area contributed by atoms with Crippen LogP contribution in [0.1, 0.15) is 18.9 Å². The second-order valence-corrected chi connectivity index (χ2v) is 7.77. The highest BCUT2D eigenvalue weighted by Gasteiger charge is 2.29. The summed E-state index contributed by atoms with van der Waals surface area (Å²) in [6.07, 6.45) is 1.91. The fourth-order valence-electron chi connectivity index (χ4n) is 3.34. The van der Waals surface area contributed by atoms with E-state index in [9.17, 15) is 9.59 Å². The Kier molecular flexibility index (Phi) is 6.60. The molecule has 2 aromatic carbocycles. The molecular formula is C21H23Cl2N3O2. The van der Waals surface area contributed by atoms with Crippen molar-refractivity contribution in [3.63, 3.8) is 0 Å². The first-order valence-electron chi connectivity index (χ1n) is 9.22. The fraction of sp³-hybridized carbons (Fsp3) is 0.333. The first kappa shape index (κ1) is 20.6. The van der Waals surface area contributed by atoms with Crippen molar-refractivity contribution in [1.29, 1.82) is 0 Å². The molecule has 0 saturated heterocycles. The third kappa shape index (κ3) is 4.49. The maximum Gasteiger partial charge on any atom is 0.244 e. The number of anilines is 2. The van der Waals surface area contributed by atoms with Crippen molar-refractivity contribution in [2.45, 2.75) is 25.8 Å². The number of benzene rings is 2. The molecule has 1 unspecified atom stereocenters. The molecule has 0 radical (unpaired) electrons. The molecule has 148 valence electrons. The van der Waals surface area contributed by atoms with Gasteiger partial charge in [0.15, 0.2) is 0 Å². The van der Waals surface area contributed by atoms with Gasteiger partial charge in [-0.3, -0.25) is 14.5 Å². The molecule has 2 amide bonds. The molecule has 1 aliphatic rings. The highest BCUT2D eigenvalue weighted by atomic mass is 35.5. The monoisotopic (exact) mass is 419 g/mol. The molecule has 0 aliphatic carbocycles. The molecule has 5 nitrogen and oxygen atoms in total. The summed E-state index contributed by atoms with van der Waals surface area (Å²) in [5.74, 6) is -0.297. The Hall–Kier alpha value is -2.08. The topological polar surface area (TPSA) is 52.7 Å². The Labute approximate surface area is 175 Å². The number of nitrogens with zero attached hydrogens (tertiary/aromatic N) is 2. The molecule has 3 rings (SSSR count). The van der Waals surface area contributed by atoms with Crippen LogP contribution in [0.5, 0.6) is 0 Å².